The standard InChI is InChI=1S/C13H14ClNO4/c1-3-18-13(17)12(9(2)16)15-19-8-10-4-6-11(14)7-5-10/h4-7H,3,8H2,1-2H3. The van der Waals surface area contributed by atoms with Crippen molar-refractivity contribution in [2.45, 2.75) is 20.5 Å². The van der Waals surface area contributed by atoms with Crippen LogP contribution in [0.3, 0.4) is 0 Å². The number of benzene rings is 1. The molecule has 0 saturated heterocycles. The largest absolute Gasteiger partial charge is 0.461 e. The second-order valence-corrected chi connectivity index (χ2v) is 4.05. The Bertz CT molecular complexity index is 482. The second-order valence-electron chi connectivity index (χ2n) is 3.62. The molecule has 0 amide bonds. The Kier molecular flexibility index (Phi) is 6.02. The molecular weight excluding hydrogens is 270 g/mol. The number of nitrogens with zero attached hydrogens (tertiary/aromatic N) is 1. The van der Waals surface area contributed by atoms with Crippen LogP contribution in [0, 0.1) is 0 Å². The zero-order chi connectivity index (χ0) is 14.3. The van der Waals surface area contributed by atoms with Crippen LogP contribution in [0.15, 0.2) is 29.4 Å². The van der Waals surface area contributed by atoms with Crippen LogP contribution in [-0.4, -0.2) is 24.1 Å². The third-order valence-electron chi connectivity index (χ3n) is 2.10. The van der Waals surface area contributed by atoms with E-state index in [9.17, 15) is 9.59 Å². The van der Waals surface area contributed by atoms with Gasteiger partial charge in [0.25, 0.3) is 0 Å². The van der Waals surface area contributed by atoms with Crippen molar-refractivity contribution in [1.29, 1.82) is 0 Å². The van der Waals surface area contributed by atoms with Crippen LogP contribution in [0.5, 0.6) is 0 Å². The fraction of sp³-hybridized carbons (Fsp3) is 0.308. The Morgan fingerprint density at radius 3 is 2.42 bits per heavy atom. The lowest BCUT2D eigenvalue weighted by Crippen LogP contribution is -2.24. The first kappa shape index (κ1) is 15.2. The minimum atomic E-state index is -0.786. The minimum Gasteiger partial charge on any atom is -0.461 e. The molecule has 102 valence electrons. The molecule has 0 aliphatic rings. The zero-order valence-corrected chi connectivity index (χ0v) is 11.4. The van der Waals surface area contributed by atoms with Crippen molar-refractivity contribution in [2.75, 3.05) is 6.61 Å². The van der Waals surface area contributed by atoms with E-state index in [1.54, 1.807) is 31.2 Å². The van der Waals surface area contributed by atoms with Gasteiger partial charge in [0, 0.05) is 11.9 Å². The predicted molar refractivity (Wildman–Crippen MR) is 71.0 cm³/mol. The predicted octanol–water partition coefficient (Wildman–Crippen LogP) is 2.36. The van der Waals surface area contributed by atoms with E-state index in [1.807, 2.05) is 0 Å². The van der Waals surface area contributed by atoms with Crippen LogP contribution >= 0.6 is 11.6 Å². The molecule has 0 N–H and O–H groups in total. The maximum atomic E-state index is 11.4. The number of hydrogen-bond acceptors (Lipinski definition) is 5. The molecular formula is C13H14ClNO4. The van der Waals surface area contributed by atoms with E-state index in [1.165, 1.54) is 6.92 Å². The first-order chi connectivity index (χ1) is 9.04. The Morgan fingerprint density at radius 2 is 1.89 bits per heavy atom. The quantitative estimate of drug-likeness (QED) is 0.348. The highest BCUT2D eigenvalue weighted by molar-refractivity contribution is 6.63. The van der Waals surface area contributed by atoms with Gasteiger partial charge in [0.1, 0.15) is 6.61 Å². The smallest absolute Gasteiger partial charge is 0.364 e. The molecule has 19 heavy (non-hydrogen) atoms. The Balaban J connectivity index is 2.64. The summed E-state index contributed by atoms with van der Waals surface area (Å²) in [6.45, 7) is 3.17. The summed E-state index contributed by atoms with van der Waals surface area (Å²) >= 11 is 5.74. The van der Waals surface area contributed by atoms with E-state index in [-0.39, 0.29) is 18.9 Å². The molecule has 0 radical (unpaired) electrons. The molecule has 0 atom stereocenters. The maximum Gasteiger partial charge on any atom is 0.364 e. The van der Waals surface area contributed by atoms with Crippen LogP contribution in [0.25, 0.3) is 0 Å². The van der Waals surface area contributed by atoms with Gasteiger partial charge in [0.15, 0.2) is 5.78 Å². The lowest BCUT2D eigenvalue weighted by atomic mass is 10.2. The van der Waals surface area contributed by atoms with Gasteiger partial charge in [0.2, 0.25) is 5.71 Å². The zero-order valence-electron chi connectivity index (χ0n) is 10.7. The van der Waals surface area contributed by atoms with Gasteiger partial charge >= 0.3 is 5.97 Å². The summed E-state index contributed by atoms with van der Waals surface area (Å²) in [4.78, 5) is 27.6. The van der Waals surface area contributed by atoms with Gasteiger partial charge in [0.05, 0.1) is 6.61 Å². The van der Waals surface area contributed by atoms with E-state index >= 15 is 0 Å². The van der Waals surface area contributed by atoms with E-state index in [4.69, 9.17) is 21.2 Å². The third-order valence-corrected chi connectivity index (χ3v) is 2.35. The summed E-state index contributed by atoms with van der Waals surface area (Å²) in [5.41, 5.74) is 0.468. The summed E-state index contributed by atoms with van der Waals surface area (Å²) in [6, 6.07) is 6.94. The molecule has 0 unspecified atom stereocenters. The molecule has 0 aliphatic heterocycles. The third kappa shape index (κ3) is 5.09. The lowest BCUT2D eigenvalue weighted by Gasteiger charge is -2.03. The van der Waals surface area contributed by atoms with Crippen LogP contribution in [0.1, 0.15) is 19.4 Å². The molecule has 1 rings (SSSR count). The molecule has 1 aromatic rings. The fourth-order valence-electron chi connectivity index (χ4n) is 1.20. The number of carbonyl (C=O) groups excluding carboxylic acids is 2. The Labute approximate surface area is 116 Å². The van der Waals surface area contributed by atoms with Gasteiger partial charge in [-0.15, -0.1) is 0 Å². The van der Waals surface area contributed by atoms with Crippen LogP contribution in [0.4, 0.5) is 0 Å². The topological polar surface area (TPSA) is 65.0 Å². The molecule has 0 spiro atoms. The number of esters is 1. The van der Waals surface area contributed by atoms with Crippen molar-refractivity contribution >= 4 is 29.1 Å². The fourth-order valence-corrected chi connectivity index (χ4v) is 1.32. The van der Waals surface area contributed by atoms with Crippen molar-refractivity contribution in [3.63, 3.8) is 0 Å². The van der Waals surface area contributed by atoms with Gasteiger partial charge in [-0.3, -0.25) is 4.79 Å². The van der Waals surface area contributed by atoms with Crippen molar-refractivity contribution in [2.24, 2.45) is 5.16 Å². The van der Waals surface area contributed by atoms with Crippen molar-refractivity contribution in [1.82, 2.24) is 0 Å². The second kappa shape index (κ2) is 7.53. The number of hydrogen-bond donors (Lipinski definition) is 0. The molecule has 0 aromatic heterocycles. The summed E-state index contributed by atoms with van der Waals surface area (Å²) in [7, 11) is 0. The SMILES string of the molecule is CCOC(=O)C(=NOCc1ccc(Cl)cc1)C(C)=O. The molecule has 0 saturated carbocycles. The average Bonchev–Trinajstić information content (AvgIpc) is 2.36. The van der Waals surface area contributed by atoms with Crippen LogP contribution < -0.4 is 0 Å². The van der Waals surface area contributed by atoms with Gasteiger partial charge in [-0.25, -0.2) is 4.79 Å². The monoisotopic (exact) mass is 283 g/mol. The summed E-state index contributed by atoms with van der Waals surface area (Å²) in [5, 5.41) is 4.13. The summed E-state index contributed by atoms with van der Waals surface area (Å²) in [5.74, 6) is -1.29. The molecule has 5 nitrogen and oxygen atoms in total. The number of rotatable bonds is 6. The molecule has 0 fully saturated rings. The van der Waals surface area contributed by atoms with Gasteiger partial charge in [-0.2, -0.15) is 0 Å². The van der Waals surface area contributed by atoms with E-state index in [0.717, 1.165) is 5.56 Å². The van der Waals surface area contributed by atoms with Crippen molar-refractivity contribution in [3.8, 4) is 0 Å². The highest BCUT2D eigenvalue weighted by Crippen LogP contribution is 2.10. The first-order valence-electron chi connectivity index (χ1n) is 5.67. The van der Waals surface area contributed by atoms with Crippen molar-refractivity contribution in [3.05, 3.63) is 34.9 Å². The van der Waals surface area contributed by atoms with Crippen LogP contribution in [0.2, 0.25) is 5.02 Å². The molecule has 1 aromatic carbocycles. The highest BCUT2D eigenvalue weighted by Gasteiger charge is 2.18. The van der Waals surface area contributed by atoms with Crippen LogP contribution in [-0.2, 0) is 25.8 Å². The number of oxime groups is 1. The Hall–Kier alpha value is -1.88. The number of Topliss-reactive ketones (excluding diaryl/α,β-unsaturated/α-hetero) is 1. The highest BCUT2D eigenvalue weighted by atomic mass is 35.5. The molecule has 0 aliphatic carbocycles. The van der Waals surface area contributed by atoms with E-state index in [0.29, 0.717) is 5.02 Å². The summed E-state index contributed by atoms with van der Waals surface area (Å²) < 4.78 is 4.70. The summed E-state index contributed by atoms with van der Waals surface area (Å²) in [6.07, 6.45) is 0. The minimum absolute atomic E-state index is 0.132. The van der Waals surface area contributed by atoms with Gasteiger partial charge < -0.3 is 9.57 Å². The first-order valence-corrected chi connectivity index (χ1v) is 6.04. The number of ketones is 1. The van der Waals surface area contributed by atoms with Gasteiger partial charge in [-0.1, -0.05) is 28.9 Å². The average molecular weight is 284 g/mol. The maximum absolute atomic E-state index is 11.4. The number of carbonyl (C=O) groups is 2. The number of ether oxygens (including phenoxy) is 1. The normalized spacial score (nSPS) is 11.0. The lowest BCUT2D eigenvalue weighted by molar-refractivity contribution is -0.136. The van der Waals surface area contributed by atoms with Gasteiger partial charge in [-0.05, 0) is 24.6 Å². The molecule has 0 heterocycles. The van der Waals surface area contributed by atoms with E-state index in [2.05, 4.69) is 5.16 Å². The van der Waals surface area contributed by atoms with Crippen molar-refractivity contribution < 1.29 is 19.2 Å². The molecule has 0 bridgehead atoms. The number of halogens is 1. The van der Waals surface area contributed by atoms with E-state index < -0.39 is 11.8 Å². The Morgan fingerprint density at radius 1 is 1.26 bits per heavy atom. The molecule has 6 heteroatoms.